The molecule has 3 aromatic heterocycles. The van der Waals surface area contributed by atoms with E-state index >= 15 is 0 Å². The van der Waals surface area contributed by atoms with Crippen molar-refractivity contribution in [3.63, 3.8) is 0 Å². The summed E-state index contributed by atoms with van der Waals surface area (Å²) >= 11 is 0. The molecule has 184 valence electrons. The third-order valence-corrected chi connectivity index (χ3v) is 6.94. The van der Waals surface area contributed by atoms with Crippen LogP contribution in [-0.4, -0.2) is 64.7 Å². The third-order valence-electron chi connectivity index (χ3n) is 5.93. The van der Waals surface area contributed by atoms with Crippen LogP contribution in [0.3, 0.4) is 0 Å². The number of hydrogen-bond acceptors (Lipinski definition) is 8. The molecule has 0 amide bonds. The molecule has 0 saturated heterocycles. The van der Waals surface area contributed by atoms with Gasteiger partial charge in [0.05, 0.1) is 24.4 Å². The van der Waals surface area contributed by atoms with Gasteiger partial charge in [0.1, 0.15) is 0 Å². The Morgan fingerprint density at radius 2 is 1.94 bits per heavy atom. The number of aliphatic hydroxyl groups is 1. The predicted molar refractivity (Wildman–Crippen MR) is 122 cm³/mol. The maximum absolute atomic E-state index is 12.3. The molecule has 1 fully saturated rings. The van der Waals surface area contributed by atoms with Crippen molar-refractivity contribution in [2.45, 2.75) is 62.3 Å². The Bertz CT molecular complexity index is 1240. The number of sulfone groups is 1. The van der Waals surface area contributed by atoms with Crippen LogP contribution in [0.15, 0.2) is 35.6 Å². The molecule has 4 rings (SSSR count). The zero-order valence-electron chi connectivity index (χ0n) is 18.9. The molecule has 1 aliphatic carbocycles. The summed E-state index contributed by atoms with van der Waals surface area (Å²) in [5.41, 5.74) is 3.16. The summed E-state index contributed by atoms with van der Waals surface area (Å²) in [6.45, 7) is -1.37. The molecule has 0 aliphatic heterocycles. The van der Waals surface area contributed by atoms with Gasteiger partial charge in [0.15, 0.2) is 14.9 Å². The van der Waals surface area contributed by atoms with Gasteiger partial charge in [-0.1, -0.05) is 0 Å². The first-order valence-corrected chi connectivity index (χ1v) is 12.9. The molecule has 1 saturated carbocycles. The topological polar surface area (TPSA) is 119 Å². The SMILES string of the molecule is C[C@@H](COC(F)F)Nc1ncc2c(-c3ccc(S(C)(=O)=O)nc3)cc([C@H]3CC[C@H](O)CC3)n2n1. The van der Waals surface area contributed by atoms with Gasteiger partial charge in [0, 0.05) is 41.2 Å². The zero-order valence-corrected chi connectivity index (χ0v) is 19.7. The minimum Gasteiger partial charge on any atom is -0.393 e. The molecule has 3 heterocycles. The van der Waals surface area contributed by atoms with Gasteiger partial charge in [-0.25, -0.2) is 22.9 Å². The number of nitrogens with one attached hydrogen (secondary N) is 1. The highest BCUT2D eigenvalue weighted by atomic mass is 32.2. The summed E-state index contributed by atoms with van der Waals surface area (Å²) in [6.07, 6.45) is 6.91. The molecule has 0 bridgehead atoms. The Hall–Kier alpha value is -2.70. The Balaban J connectivity index is 1.71. The molecule has 0 aromatic carbocycles. The quantitative estimate of drug-likeness (QED) is 0.489. The van der Waals surface area contributed by atoms with Crippen molar-refractivity contribution in [3.8, 4) is 11.1 Å². The molecule has 34 heavy (non-hydrogen) atoms. The van der Waals surface area contributed by atoms with E-state index in [1.54, 1.807) is 23.7 Å². The fraction of sp³-hybridized carbons (Fsp3) is 0.500. The van der Waals surface area contributed by atoms with E-state index in [1.807, 2.05) is 6.07 Å². The van der Waals surface area contributed by atoms with E-state index in [4.69, 9.17) is 0 Å². The van der Waals surface area contributed by atoms with Crippen LogP contribution in [0.5, 0.6) is 0 Å². The summed E-state index contributed by atoms with van der Waals surface area (Å²) in [6, 6.07) is 4.72. The van der Waals surface area contributed by atoms with Gasteiger partial charge in [-0.05, 0) is 50.8 Å². The highest BCUT2D eigenvalue weighted by Gasteiger charge is 2.26. The number of hydrogen-bond donors (Lipinski definition) is 2. The van der Waals surface area contributed by atoms with Crippen molar-refractivity contribution < 1.29 is 27.0 Å². The average molecular weight is 496 g/mol. The van der Waals surface area contributed by atoms with E-state index in [9.17, 15) is 22.3 Å². The number of rotatable bonds is 8. The lowest BCUT2D eigenvalue weighted by atomic mass is 9.85. The van der Waals surface area contributed by atoms with E-state index in [0.29, 0.717) is 18.4 Å². The highest BCUT2D eigenvalue weighted by Crippen LogP contribution is 2.37. The van der Waals surface area contributed by atoms with E-state index in [0.717, 1.165) is 35.9 Å². The number of anilines is 1. The fourth-order valence-electron chi connectivity index (χ4n) is 4.21. The van der Waals surface area contributed by atoms with Crippen molar-refractivity contribution in [3.05, 3.63) is 36.3 Å². The maximum atomic E-state index is 12.3. The van der Waals surface area contributed by atoms with Crippen molar-refractivity contribution in [1.29, 1.82) is 0 Å². The van der Waals surface area contributed by atoms with Crippen LogP contribution in [-0.2, 0) is 14.6 Å². The molecule has 9 nitrogen and oxygen atoms in total. The zero-order chi connectivity index (χ0) is 24.5. The molecular formula is C22H27F2N5O4S. The van der Waals surface area contributed by atoms with E-state index < -0.39 is 22.5 Å². The average Bonchev–Trinajstić information content (AvgIpc) is 3.16. The molecular weight excluding hydrogens is 468 g/mol. The Kier molecular flexibility index (Phi) is 7.10. The predicted octanol–water partition coefficient (Wildman–Crippen LogP) is 3.25. The lowest BCUT2D eigenvalue weighted by molar-refractivity contribution is -0.130. The minimum atomic E-state index is -3.42. The van der Waals surface area contributed by atoms with Crippen LogP contribution in [0.4, 0.5) is 14.7 Å². The number of nitrogens with zero attached hydrogens (tertiary/aromatic N) is 4. The molecule has 0 radical (unpaired) electrons. The molecule has 1 aliphatic rings. The molecule has 2 N–H and O–H groups in total. The lowest BCUT2D eigenvalue weighted by Gasteiger charge is -2.25. The molecule has 0 unspecified atom stereocenters. The van der Waals surface area contributed by atoms with E-state index in [1.165, 1.54) is 12.3 Å². The van der Waals surface area contributed by atoms with Gasteiger partial charge in [0.25, 0.3) is 0 Å². The normalized spacial score (nSPS) is 20.1. The summed E-state index contributed by atoms with van der Waals surface area (Å²) in [5, 5.41) is 17.5. The fourth-order valence-corrected chi connectivity index (χ4v) is 4.77. The first-order chi connectivity index (χ1) is 16.1. The molecule has 3 aromatic rings. The maximum Gasteiger partial charge on any atom is 0.345 e. The van der Waals surface area contributed by atoms with Gasteiger partial charge < -0.3 is 15.2 Å². The van der Waals surface area contributed by atoms with Crippen LogP contribution >= 0.6 is 0 Å². The highest BCUT2D eigenvalue weighted by molar-refractivity contribution is 7.90. The summed E-state index contributed by atoms with van der Waals surface area (Å²) in [7, 11) is -3.42. The second-order valence-corrected chi connectivity index (χ2v) is 10.6. The third kappa shape index (κ3) is 5.50. The van der Waals surface area contributed by atoms with Crippen LogP contribution in [0.1, 0.15) is 44.2 Å². The number of alkyl halides is 2. The van der Waals surface area contributed by atoms with Gasteiger partial charge in [-0.3, -0.25) is 0 Å². The number of fused-ring (bicyclic) bond motifs is 1. The van der Waals surface area contributed by atoms with Crippen LogP contribution in [0.2, 0.25) is 0 Å². The summed E-state index contributed by atoms with van der Waals surface area (Å²) < 4.78 is 54.4. The standard InChI is InChI=1S/C22H27F2N5O4S/c1-13(12-33-21(23)24)27-22-26-11-19-17(15-5-8-20(25-10-15)34(2,31)32)9-18(29(19)28-22)14-3-6-16(30)7-4-14/h5,8-11,13-14,16,21,30H,3-4,6-7,12H2,1-2H3,(H,27,28)/t13-,14-,16-/m0/s1. The number of aromatic nitrogens is 4. The first-order valence-electron chi connectivity index (χ1n) is 11.0. The van der Waals surface area contributed by atoms with Gasteiger partial charge in [-0.15, -0.1) is 5.10 Å². The first kappa shape index (κ1) is 24.4. The largest absolute Gasteiger partial charge is 0.393 e. The number of halogens is 2. The van der Waals surface area contributed by atoms with Crippen LogP contribution < -0.4 is 5.32 Å². The van der Waals surface area contributed by atoms with Crippen LogP contribution in [0.25, 0.3) is 16.6 Å². The van der Waals surface area contributed by atoms with E-state index in [-0.39, 0.29) is 29.6 Å². The second kappa shape index (κ2) is 9.88. The summed E-state index contributed by atoms with van der Waals surface area (Å²) in [4.78, 5) is 8.44. The number of pyridine rings is 1. The van der Waals surface area contributed by atoms with Crippen molar-refractivity contribution in [1.82, 2.24) is 19.6 Å². The Morgan fingerprint density at radius 1 is 1.21 bits per heavy atom. The van der Waals surface area contributed by atoms with Crippen molar-refractivity contribution in [2.75, 3.05) is 18.2 Å². The second-order valence-electron chi connectivity index (χ2n) is 8.66. The van der Waals surface area contributed by atoms with Crippen molar-refractivity contribution in [2.24, 2.45) is 0 Å². The lowest BCUT2D eigenvalue weighted by Crippen LogP contribution is -2.25. The van der Waals surface area contributed by atoms with E-state index in [2.05, 4.69) is 25.1 Å². The number of aliphatic hydroxyl groups excluding tert-OH is 1. The van der Waals surface area contributed by atoms with Gasteiger partial charge in [0.2, 0.25) is 5.95 Å². The Labute approximate surface area is 196 Å². The molecule has 1 atom stereocenters. The van der Waals surface area contributed by atoms with Gasteiger partial charge in [-0.2, -0.15) is 8.78 Å². The van der Waals surface area contributed by atoms with Crippen LogP contribution in [0, 0.1) is 0 Å². The smallest absolute Gasteiger partial charge is 0.345 e. The van der Waals surface area contributed by atoms with Crippen molar-refractivity contribution >= 4 is 21.3 Å². The molecule has 0 spiro atoms. The number of ether oxygens (including phenoxy) is 1. The molecule has 12 heteroatoms. The van der Waals surface area contributed by atoms with Gasteiger partial charge >= 0.3 is 6.61 Å². The minimum absolute atomic E-state index is 0.0102. The monoisotopic (exact) mass is 495 g/mol. The Morgan fingerprint density at radius 3 is 2.56 bits per heavy atom. The summed E-state index contributed by atoms with van der Waals surface area (Å²) in [5.74, 6) is 0.429.